The highest BCUT2D eigenvalue weighted by Gasteiger charge is 2.08. The molecule has 1 heterocycles. The van der Waals surface area contributed by atoms with Crippen molar-refractivity contribution in [1.82, 2.24) is 4.98 Å². The number of aliphatic hydroxyl groups is 1. The minimum absolute atomic E-state index is 0.0655. The second-order valence-corrected chi connectivity index (χ2v) is 2.71. The fourth-order valence-electron chi connectivity index (χ4n) is 1.22. The van der Waals surface area contributed by atoms with Crippen molar-refractivity contribution in [3.63, 3.8) is 0 Å². The Morgan fingerprint density at radius 3 is 2.67 bits per heavy atom. The van der Waals surface area contributed by atoms with Crippen LogP contribution in [0.2, 0.25) is 0 Å². The Morgan fingerprint density at radius 2 is 2.17 bits per heavy atom. The molecule has 12 heavy (non-hydrogen) atoms. The number of hydrogen-bond acceptors (Lipinski definition) is 3. The van der Waals surface area contributed by atoms with Crippen molar-refractivity contribution >= 4 is 0 Å². The van der Waals surface area contributed by atoms with Crippen molar-refractivity contribution < 1.29 is 10.2 Å². The quantitative estimate of drug-likeness (QED) is 0.694. The zero-order valence-corrected chi connectivity index (χ0v) is 7.33. The van der Waals surface area contributed by atoms with Gasteiger partial charge < -0.3 is 10.2 Å². The van der Waals surface area contributed by atoms with E-state index in [1.165, 1.54) is 0 Å². The van der Waals surface area contributed by atoms with Gasteiger partial charge in [-0.3, -0.25) is 4.98 Å². The third-order valence-corrected chi connectivity index (χ3v) is 1.95. The number of pyridine rings is 1. The SMILES string of the molecule is CCc1c(CO)cnc(C)c1O. The van der Waals surface area contributed by atoms with Crippen LogP contribution in [-0.4, -0.2) is 15.2 Å². The maximum absolute atomic E-state index is 9.54. The molecule has 1 rings (SSSR count). The summed E-state index contributed by atoms with van der Waals surface area (Å²) in [6.07, 6.45) is 2.32. The van der Waals surface area contributed by atoms with Gasteiger partial charge in [0.05, 0.1) is 12.3 Å². The molecule has 0 spiro atoms. The highest BCUT2D eigenvalue weighted by atomic mass is 16.3. The van der Waals surface area contributed by atoms with Crippen LogP contribution >= 0.6 is 0 Å². The number of nitrogens with zero attached hydrogens (tertiary/aromatic N) is 1. The minimum atomic E-state index is -0.0655. The van der Waals surface area contributed by atoms with Crippen molar-refractivity contribution in [2.75, 3.05) is 0 Å². The lowest BCUT2D eigenvalue weighted by Gasteiger charge is -2.08. The fraction of sp³-hybridized carbons (Fsp3) is 0.444. The van der Waals surface area contributed by atoms with Gasteiger partial charge in [-0.2, -0.15) is 0 Å². The lowest BCUT2D eigenvalue weighted by Crippen LogP contribution is -1.97. The first-order valence-corrected chi connectivity index (χ1v) is 3.97. The summed E-state index contributed by atoms with van der Waals surface area (Å²) in [5.74, 6) is 0.212. The van der Waals surface area contributed by atoms with E-state index < -0.39 is 0 Å². The predicted octanol–water partition coefficient (Wildman–Crippen LogP) is 1.15. The first-order chi connectivity index (χ1) is 5.70. The largest absolute Gasteiger partial charge is 0.506 e. The van der Waals surface area contributed by atoms with E-state index in [-0.39, 0.29) is 12.4 Å². The lowest BCUT2D eigenvalue weighted by atomic mass is 10.1. The average molecular weight is 167 g/mol. The lowest BCUT2D eigenvalue weighted by molar-refractivity contribution is 0.279. The van der Waals surface area contributed by atoms with Crippen molar-refractivity contribution in [1.29, 1.82) is 0 Å². The smallest absolute Gasteiger partial charge is 0.140 e. The maximum Gasteiger partial charge on any atom is 0.140 e. The zero-order chi connectivity index (χ0) is 9.14. The van der Waals surface area contributed by atoms with Crippen LogP contribution in [-0.2, 0) is 13.0 Å². The Morgan fingerprint density at radius 1 is 1.50 bits per heavy atom. The summed E-state index contributed by atoms with van der Waals surface area (Å²) in [6, 6.07) is 0. The summed E-state index contributed by atoms with van der Waals surface area (Å²) in [6.45, 7) is 3.62. The Balaban J connectivity index is 3.25. The molecule has 0 aliphatic rings. The molecule has 0 saturated heterocycles. The number of aromatic nitrogens is 1. The van der Waals surface area contributed by atoms with Crippen LogP contribution in [0.4, 0.5) is 0 Å². The van der Waals surface area contributed by atoms with Gasteiger partial charge in [0.15, 0.2) is 0 Å². The molecule has 0 bridgehead atoms. The van der Waals surface area contributed by atoms with Crippen LogP contribution in [0.25, 0.3) is 0 Å². The van der Waals surface area contributed by atoms with E-state index in [2.05, 4.69) is 4.98 Å². The highest BCUT2D eigenvalue weighted by molar-refractivity contribution is 5.40. The van der Waals surface area contributed by atoms with Gasteiger partial charge in [0.1, 0.15) is 5.75 Å². The van der Waals surface area contributed by atoms with E-state index in [1.807, 2.05) is 6.92 Å². The molecular weight excluding hydrogens is 154 g/mol. The summed E-state index contributed by atoms with van der Waals surface area (Å²) in [4.78, 5) is 3.95. The van der Waals surface area contributed by atoms with Crippen LogP contribution in [0.5, 0.6) is 5.75 Å². The highest BCUT2D eigenvalue weighted by Crippen LogP contribution is 2.23. The Kier molecular flexibility index (Phi) is 2.65. The molecule has 0 atom stereocenters. The van der Waals surface area contributed by atoms with Crippen LogP contribution in [0.3, 0.4) is 0 Å². The van der Waals surface area contributed by atoms with Crippen LogP contribution in [0.15, 0.2) is 6.20 Å². The monoisotopic (exact) mass is 167 g/mol. The fourth-order valence-corrected chi connectivity index (χ4v) is 1.22. The topological polar surface area (TPSA) is 53.4 Å². The standard InChI is InChI=1S/C9H13NO2/c1-3-8-7(5-11)4-10-6(2)9(8)12/h4,11-12H,3,5H2,1-2H3. The normalized spacial score (nSPS) is 10.2. The molecule has 1 aromatic heterocycles. The average Bonchev–Trinajstić information content (AvgIpc) is 2.09. The van der Waals surface area contributed by atoms with Crippen LogP contribution in [0.1, 0.15) is 23.7 Å². The third-order valence-electron chi connectivity index (χ3n) is 1.95. The van der Waals surface area contributed by atoms with Crippen LogP contribution < -0.4 is 0 Å². The Bertz CT molecular complexity index is 284. The second-order valence-electron chi connectivity index (χ2n) is 2.71. The first kappa shape index (κ1) is 9.00. The van der Waals surface area contributed by atoms with Gasteiger partial charge in [0.25, 0.3) is 0 Å². The number of aliphatic hydroxyl groups excluding tert-OH is 1. The van der Waals surface area contributed by atoms with Gasteiger partial charge in [0.2, 0.25) is 0 Å². The Labute approximate surface area is 71.7 Å². The molecule has 3 heteroatoms. The molecule has 0 amide bonds. The van der Waals surface area contributed by atoms with Crippen molar-refractivity contribution in [3.05, 3.63) is 23.0 Å². The van der Waals surface area contributed by atoms with E-state index in [0.717, 1.165) is 5.56 Å². The summed E-state index contributed by atoms with van der Waals surface area (Å²) in [7, 11) is 0. The predicted molar refractivity (Wildman–Crippen MR) is 45.9 cm³/mol. The van der Waals surface area contributed by atoms with Gasteiger partial charge in [-0.15, -0.1) is 0 Å². The van der Waals surface area contributed by atoms with Crippen molar-refractivity contribution in [3.8, 4) is 5.75 Å². The number of aromatic hydroxyl groups is 1. The molecule has 2 N–H and O–H groups in total. The van der Waals surface area contributed by atoms with Crippen molar-refractivity contribution in [2.24, 2.45) is 0 Å². The number of rotatable bonds is 2. The molecule has 0 unspecified atom stereocenters. The zero-order valence-electron chi connectivity index (χ0n) is 7.33. The van der Waals surface area contributed by atoms with E-state index in [4.69, 9.17) is 5.11 Å². The summed E-state index contributed by atoms with van der Waals surface area (Å²) in [5, 5.41) is 18.4. The number of hydrogen-bond donors (Lipinski definition) is 2. The van der Waals surface area contributed by atoms with Gasteiger partial charge in [0, 0.05) is 17.3 Å². The minimum Gasteiger partial charge on any atom is -0.506 e. The Hall–Kier alpha value is -1.09. The van der Waals surface area contributed by atoms with E-state index in [1.54, 1.807) is 13.1 Å². The molecule has 0 aliphatic heterocycles. The maximum atomic E-state index is 9.54. The van der Waals surface area contributed by atoms with Crippen molar-refractivity contribution in [2.45, 2.75) is 26.9 Å². The summed E-state index contributed by atoms with van der Waals surface area (Å²) < 4.78 is 0. The number of aryl methyl sites for hydroxylation is 1. The molecule has 0 aliphatic carbocycles. The van der Waals surface area contributed by atoms with Gasteiger partial charge in [-0.1, -0.05) is 6.92 Å². The van der Waals surface area contributed by atoms with E-state index in [9.17, 15) is 5.11 Å². The second kappa shape index (κ2) is 3.54. The summed E-state index contributed by atoms with van der Waals surface area (Å²) in [5.41, 5.74) is 2.12. The molecule has 0 radical (unpaired) electrons. The molecular formula is C9H13NO2. The van der Waals surface area contributed by atoms with Gasteiger partial charge in [-0.25, -0.2) is 0 Å². The summed E-state index contributed by atoms with van der Waals surface area (Å²) >= 11 is 0. The van der Waals surface area contributed by atoms with Crippen LogP contribution in [0, 0.1) is 6.92 Å². The first-order valence-electron chi connectivity index (χ1n) is 3.97. The van der Waals surface area contributed by atoms with E-state index in [0.29, 0.717) is 17.7 Å². The van der Waals surface area contributed by atoms with Gasteiger partial charge >= 0.3 is 0 Å². The molecule has 0 fully saturated rings. The van der Waals surface area contributed by atoms with Gasteiger partial charge in [-0.05, 0) is 13.3 Å². The van der Waals surface area contributed by atoms with E-state index >= 15 is 0 Å². The third kappa shape index (κ3) is 1.41. The molecule has 0 saturated carbocycles. The molecule has 66 valence electrons. The molecule has 3 nitrogen and oxygen atoms in total. The molecule has 0 aromatic carbocycles. The molecule has 1 aromatic rings.